The molecule has 0 N–H and O–H groups in total. The minimum absolute atomic E-state index is 0.232. The molecule has 3 heteroatoms. The van der Waals surface area contributed by atoms with Crippen LogP contribution in [0.15, 0.2) is 43.5 Å². The van der Waals surface area contributed by atoms with E-state index in [0.717, 1.165) is 25.3 Å². The van der Waals surface area contributed by atoms with E-state index in [4.69, 9.17) is 4.74 Å². The molecule has 3 nitrogen and oxygen atoms in total. The van der Waals surface area contributed by atoms with Crippen LogP contribution in [0.4, 0.5) is 0 Å². The second-order valence-corrected chi connectivity index (χ2v) is 5.60. The van der Waals surface area contributed by atoms with Crippen LogP contribution < -0.4 is 9.30 Å². The van der Waals surface area contributed by atoms with Gasteiger partial charge in [0.2, 0.25) is 6.33 Å². The number of hydrogen-bond donors (Lipinski definition) is 0. The van der Waals surface area contributed by atoms with E-state index in [1.54, 1.807) is 0 Å². The maximum atomic E-state index is 6.09. The minimum atomic E-state index is 0.232. The van der Waals surface area contributed by atoms with Crippen molar-refractivity contribution in [2.24, 2.45) is 0 Å². The zero-order chi connectivity index (χ0) is 14.1. The molecule has 0 bridgehead atoms. The van der Waals surface area contributed by atoms with Crippen LogP contribution in [0.1, 0.15) is 16.7 Å². The van der Waals surface area contributed by atoms with Crippen LogP contribution in [0.25, 0.3) is 0 Å². The van der Waals surface area contributed by atoms with E-state index in [1.807, 2.05) is 6.08 Å². The first-order valence-electron chi connectivity index (χ1n) is 7.08. The Kier molecular flexibility index (Phi) is 3.35. The summed E-state index contributed by atoms with van der Waals surface area (Å²) in [6.07, 6.45) is 9.40. The summed E-state index contributed by atoms with van der Waals surface area (Å²) >= 11 is 0. The fourth-order valence-electron chi connectivity index (χ4n) is 2.91. The predicted octanol–water partition coefficient (Wildman–Crippen LogP) is 2.58. The Bertz CT molecular complexity index is 642. The van der Waals surface area contributed by atoms with Gasteiger partial charge in [0.05, 0.1) is 0 Å². The van der Waals surface area contributed by atoms with Gasteiger partial charge in [0.15, 0.2) is 0 Å². The summed E-state index contributed by atoms with van der Waals surface area (Å²) in [5, 5.41) is 0. The summed E-state index contributed by atoms with van der Waals surface area (Å²) in [6.45, 7) is 9.78. The Hall–Kier alpha value is -2.03. The van der Waals surface area contributed by atoms with Crippen molar-refractivity contribution in [3.63, 3.8) is 0 Å². The first kappa shape index (κ1) is 13.0. The molecular weight excluding hydrogens is 248 g/mol. The van der Waals surface area contributed by atoms with Crippen LogP contribution in [0.3, 0.4) is 0 Å². The molecule has 3 rings (SSSR count). The summed E-state index contributed by atoms with van der Waals surface area (Å²) in [5.41, 5.74) is 3.98. The fraction of sp³-hybridized carbons (Fsp3) is 0.353. The molecule has 1 aliphatic heterocycles. The molecule has 0 saturated carbocycles. The standard InChI is InChI=1S/C17H21N2O/c1-4-5-18-6-7-19(12-18)11-15-10-16-14(3)8-13(2)9-17(16)20-15/h4,6-9,12,15H,1,5,10-11H2,2-3H3/q+1. The van der Waals surface area contributed by atoms with Crippen molar-refractivity contribution in [1.29, 1.82) is 0 Å². The quantitative estimate of drug-likeness (QED) is 0.616. The molecule has 0 aliphatic carbocycles. The van der Waals surface area contributed by atoms with Crippen molar-refractivity contribution in [2.45, 2.75) is 39.5 Å². The molecule has 1 aliphatic rings. The molecule has 2 aromatic rings. The van der Waals surface area contributed by atoms with Gasteiger partial charge in [-0.15, -0.1) is 0 Å². The van der Waals surface area contributed by atoms with E-state index < -0.39 is 0 Å². The van der Waals surface area contributed by atoms with Crippen LogP contribution in [-0.4, -0.2) is 10.7 Å². The van der Waals surface area contributed by atoms with Crippen molar-refractivity contribution in [3.05, 3.63) is 60.2 Å². The van der Waals surface area contributed by atoms with E-state index in [9.17, 15) is 0 Å². The average Bonchev–Trinajstić information content (AvgIpc) is 2.97. The third-order valence-electron chi connectivity index (χ3n) is 3.80. The van der Waals surface area contributed by atoms with Crippen LogP contribution in [-0.2, 0) is 19.5 Å². The van der Waals surface area contributed by atoms with E-state index >= 15 is 0 Å². The molecular formula is C17H21N2O+. The number of aryl methyl sites for hydroxylation is 2. The largest absolute Gasteiger partial charge is 0.486 e. The minimum Gasteiger partial charge on any atom is -0.486 e. The normalized spacial score (nSPS) is 16.8. The van der Waals surface area contributed by atoms with Crippen molar-refractivity contribution >= 4 is 0 Å². The third kappa shape index (κ3) is 2.48. The van der Waals surface area contributed by atoms with Gasteiger partial charge < -0.3 is 4.74 Å². The molecule has 104 valence electrons. The Labute approximate surface area is 120 Å². The summed E-state index contributed by atoms with van der Waals surface area (Å²) in [5.74, 6) is 1.07. The molecule has 0 radical (unpaired) electrons. The Morgan fingerprint density at radius 1 is 1.45 bits per heavy atom. The van der Waals surface area contributed by atoms with Gasteiger partial charge in [0, 0.05) is 12.0 Å². The third-order valence-corrected chi connectivity index (χ3v) is 3.80. The molecule has 0 fully saturated rings. The average molecular weight is 269 g/mol. The van der Waals surface area contributed by atoms with Gasteiger partial charge in [-0.3, -0.25) is 0 Å². The lowest BCUT2D eigenvalue weighted by atomic mass is 10.0. The zero-order valence-corrected chi connectivity index (χ0v) is 12.2. The SMILES string of the molecule is C=CCn1cc[n+](CC2Cc3c(C)cc(C)cc3O2)c1. The van der Waals surface area contributed by atoms with Crippen LogP contribution in [0.2, 0.25) is 0 Å². The number of imidazole rings is 1. The molecule has 1 unspecified atom stereocenters. The number of aromatic nitrogens is 2. The van der Waals surface area contributed by atoms with Crippen molar-refractivity contribution in [3.8, 4) is 5.75 Å². The fourth-order valence-corrected chi connectivity index (χ4v) is 2.91. The van der Waals surface area contributed by atoms with E-state index in [2.05, 4.69) is 60.4 Å². The highest BCUT2D eigenvalue weighted by molar-refractivity contribution is 5.45. The first-order valence-corrected chi connectivity index (χ1v) is 7.08. The predicted molar refractivity (Wildman–Crippen MR) is 78.9 cm³/mol. The van der Waals surface area contributed by atoms with Crippen LogP contribution in [0.5, 0.6) is 5.75 Å². The number of benzene rings is 1. The smallest absolute Gasteiger partial charge is 0.244 e. The highest BCUT2D eigenvalue weighted by Crippen LogP contribution is 2.32. The monoisotopic (exact) mass is 269 g/mol. The molecule has 1 atom stereocenters. The summed E-state index contributed by atoms with van der Waals surface area (Å²) in [7, 11) is 0. The maximum Gasteiger partial charge on any atom is 0.244 e. The highest BCUT2D eigenvalue weighted by Gasteiger charge is 2.26. The Morgan fingerprint density at radius 2 is 2.30 bits per heavy atom. The van der Waals surface area contributed by atoms with Crippen molar-refractivity contribution in [2.75, 3.05) is 0 Å². The molecule has 0 saturated heterocycles. The van der Waals surface area contributed by atoms with Gasteiger partial charge in [-0.1, -0.05) is 18.7 Å². The number of nitrogens with zero attached hydrogens (tertiary/aromatic N) is 2. The summed E-state index contributed by atoms with van der Waals surface area (Å²) in [6, 6.07) is 4.38. The maximum absolute atomic E-state index is 6.09. The molecule has 0 amide bonds. The van der Waals surface area contributed by atoms with Crippen LogP contribution >= 0.6 is 0 Å². The molecule has 0 spiro atoms. The molecule has 20 heavy (non-hydrogen) atoms. The van der Waals surface area contributed by atoms with E-state index in [1.165, 1.54) is 16.7 Å². The van der Waals surface area contributed by atoms with Crippen molar-refractivity contribution in [1.82, 2.24) is 4.57 Å². The molecule has 2 heterocycles. The number of fused-ring (bicyclic) bond motifs is 1. The second-order valence-electron chi connectivity index (χ2n) is 5.60. The van der Waals surface area contributed by atoms with E-state index in [-0.39, 0.29) is 6.10 Å². The number of rotatable bonds is 4. The van der Waals surface area contributed by atoms with Gasteiger partial charge in [-0.25, -0.2) is 9.13 Å². The highest BCUT2D eigenvalue weighted by atomic mass is 16.5. The summed E-state index contributed by atoms with van der Waals surface area (Å²) in [4.78, 5) is 0. The lowest BCUT2D eigenvalue weighted by Crippen LogP contribution is -2.39. The first-order chi connectivity index (χ1) is 9.65. The van der Waals surface area contributed by atoms with Crippen molar-refractivity contribution < 1.29 is 9.30 Å². The molecule has 1 aromatic heterocycles. The Morgan fingerprint density at radius 3 is 3.10 bits per heavy atom. The zero-order valence-electron chi connectivity index (χ0n) is 12.2. The van der Waals surface area contributed by atoms with Gasteiger partial charge in [0.1, 0.15) is 37.3 Å². The van der Waals surface area contributed by atoms with Gasteiger partial charge in [0.25, 0.3) is 0 Å². The van der Waals surface area contributed by atoms with Crippen LogP contribution in [0, 0.1) is 13.8 Å². The van der Waals surface area contributed by atoms with E-state index in [0.29, 0.717) is 0 Å². The number of ether oxygens (including phenoxy) is 1. The van der Waals surface area contributed by atoms with Gasteiger partial charge in [-0.05, 0) is 31.0 Å². The number of hydrogen-bond acceptors (Lipinski definition) is 1. The lowest BCUT2D eigenvalue weighted by Gasteiger charge is -2.07. The lowest BCUT2D eigenvalue weighted by molar-refractivity contribution is -0.701. The van der Waals surface area contributed by atoms with Gasteiger partial charge >= 0.3 is 0 Å². The summed E-state index contributed by atoms with van der Waals surface area (Å²) < 4.78 is 10.4. The number of allylic oxidation sites excluding steroid dienone is 1. The van der Waals surface area contributed by atoms with Gasteiger partial charge in [-0.2, -0.15) is 0 Å². The Balaban J connectivity index is 1.72. The molecule has 1 aromatic carbocycles. The second kappa shape index (κ2) is 5.16. The topological polar surface area (TPSA) is 18.0 Å².